The van der Waals surface area contributed by atoms with Gasteiger partial charge in [-0.3, -0.25) is 9.78 Å². The Hall–Kier alpha value is -1.87. The number of hydrogen-bond donors (Lipinski definition) is 1. The fourth-order valence-electron chi connectivity index (χ4n) is 2.25. The van der Waals surface area contributed by atoms with Crippen molar-refractivity contribution in [2.45, 2.75) is 33.6 Å². The van der Waals surface area contributed by atoms with E-state index in [1.807, 2.05) is 32.0 Å². The van der Waals surface area contributed by atoms with E-state index in [1.54, 1.807) is 12.3 Å². The second-order valence-electron chi connectivity index (χ2n) is 4.91. The Morgan fingerprint density at radius 2 is 1.95 bits per heavy atom. The lowest BCUT2D eigenvalue weighted by Gasteiger charge is -2.16. The molecule has 21 heavy (non-hydrogen) atoms. The zero-order valence-electron chi connectivity index (χ0n) is 12.5. The summed E-state index contributed by atoms with van der Waals surface area (Å²) in [7, 11) is 0. The zero-order chi connectivity index (χ0) is 15.4. The predicted octanol–water partition coefficient (Wildman–Crippen LogP) is 4.42. The molecule has 0 saturated carbocycles. The standard InChI is InChI=1S/C17H19ClN2O/c1-4-12-8-9-15(18)14(5-2)16(12)20-17(21)13-7-6-11(3)19-10-13/h6-10H,4-5H2,1-3H3,(H,20,21). The molecule has 1 aromatic heterocycles. The summed E-state index contributed by atoms with van der Waals surface area (Å²) >= 11 is 6.25. The Kier molecular flexibility index (Phi) is 4.97. The van der Waals surface area contributed by atoms with Gasteiger partial charge in [-0.05, 0) is 49.1 Å². The summed E-state index contributed by atoms with van der Waals surface area (Å²) in [6, 6.07) is 7.46. The first-order valence-corrected chi connectivity index (χ1v) is 7.48. The van der Waals surface area contributed by atoms with Crippen LogP contribution in [0.5, 0.6) is 0 Å². The van der Waals surface area contributed by atoms with E-state index in [4.69, 9.17) is 11.6 Å². The van der Waals surface area contributed by atoms with Crippen molar-refractivity contribution >= 4 is 23.2 Å². The van der Waals surface area contributed by atoms with E-state index in [0.717, 1.165) is 35.3 Å². The third-order valence-corrected chi connectivity index (χ3v) is 3.84. The van der Waals surface area contributed by atoms with E-state index >= 15 is 0 Å². The minimum absolute atomic E-state index is 0.158. The Morgan fingerprint density at radius 1 is 1.19 bits per heavy atom. The van der Waals surface area contributed by atoms with Gasteiger partial charge in [0.2, 0.25) is 0 Å². The molecule has 3 nitrogen and oxygen atoms in total. The van der Waals surface area contributed by atoms with Gasteiger partial charge < -0.3 is 5.32 Å². The van der Waals surface area contributed by atoms with Crippen LogP contribution in [-0.4, -0.2) is 10.9 Å². The number of nitrogens with one attached hydrogen (secondary N) is 1. The first-order valence-electron chi connectivity index (χ1n) is 7.11. The lowest BCUT2D eigenvalue weighted by molar-refractivity contribution is 0.102. The van der Waals surface area contributed by atoms with Crippen LogP contribution in [0.4, 0.5) is 5.69 Å². The quantitative estimate of drug-likeness (QED) is 0.908. The molecule has 0 fully saturated rings. The first kappa shape index (κ1) is 15.5. The highest BCUT2D eigenvalue weighted by Gasteiger charge is 2.14. The average molecular weight is 303 g/mol. The predicted molar refractivity (Wildman–Crippen MR) is 87.1 cm³/mol. The molecule has 110 valence electrons. The molecule has 0 unspecified atom stereocenters. The number of benzene rings is 1. The van der Waals surface area contributed by atoms with Crippen molar-refractivity contribution in [3.8, 4) is 0 Å². The molecular formula is C17H19ClN2O. The van der Waals surface area contributed by atoms with Gasteiger partial charge in [0, 0.05) is 22.6 Å². The molecule has 0 atom stereocenters. The molecule has 2 rings (SSSR count). The summed E-state index contributed by atoms with van der Waals surface area (Å²) in [6.45, 7) is 5.98. The molecular weight excluding hydrogens is 284 g/mol. The number of aromatic nitrogens is 1. The molecule has 0 aliphatic heterocycles. The third kappa shape index (κ3) is 3.42. The Bertz CT molecular complexity index is 651. The van der Waals surface area contributed by atoms with Crippen LogP contribution in [0.15, 0.2) is 30.5 Å². The number of pyridine rings is 1. The number of aryl methyl sites for hydroxylation is 2. The van der Waals surface area contributed by atoms with Crippen LogP contribution in [0.1, 0.15) is 41.0 Å². The molecule has 0 saturated heterocycles. The highest BCUT2D eigenvalue weighted by molar-refractivity contribution is 6.32. The molecule has 1 amide bonds. The van der Waals surface area contributed by atoms with Crippen LogP contribution in [0.2, 0.25) is 5.02 Å². The number of carbonyl (C=O) groups excluding carboxylic acids is 1. The van der Waals surface area contributed by atoms with Crippen molar-refractivity contribution in [3.05, 3.63) is 57.9 Å². The number of nitrogens with zero attached hydrogens (tertiary/aromatic N) is 1. The molecule has 0 aliphatic carbocycles. The molecule has 0 bridgehead atoms. The van der Waals surface area contributed by atoms with Crippen molar-refractivity contribution in [1.29, 1.82) is 0 Å². The van der Waals surface area contributed by atoms with E-state index in [1.165, 1.54) is 0 Å². The minimum Gasteiger partial charge on any atom is -0.321 e. The second-order valence-corrected chi connectivity index (χ2v) is 5.32. The van der Waals surface area contributed by atoms with Crippen molar-refractivity contribution in [3.63, 3.8) is 0 Å². The van der Waals surface area contributed by atoms with Gasteiger partial charge in [-0.1, -0.05) is 31.5 Å². The average Bonchev–Trinajstić information content (AvgIpc) is 2.48. The maximum atomic E-state index is 12.4. The van der Waals surface area contributed by atoms with Crippen LogP contribution in [0.3, 0.4) is 0 Å². The number of rotatable bonds is 4. The molecule has 1 aromatic carbocycles. The molecule has 0 spiro atoms. The summed E-state index contributed by atoms with van der Waals surface area (Å²) in [5.74, 6) is -0.158. The van der Waals surface area contributed by atoms with Crippen molar-refractivity contribution in [2.24, 2.45) is 0 Å². The largest absolute Gasteiger partial charge is 0.321 e. The molecule has 1 N–H and O–H groups in total. The van der Waals surface area contributed by atoms with Gasteiger partial charge in [-0.2, -0.15) is 0 Å². The van der Waals surface area contributed by atoms with Gasteiger partial charge in [0.15, 0.2) is 0 Å². The molecule has 1 heterocycles. The van der Waals surface area contributed by atoms with E-state index in [9.17, 15) is 4.79 Å². The van der Waals surface area contributed by atoms with Crippen molar-refractivity contribution in [1.82, 2.24) is 4.98 Å². The lowest BCUT2D eigenvalue weighted by atomic mass is 10.0. The zero-order valence-corrected chi connectivity index (χ0v) is 13.3. The summed E-state index contributed by atoms with van der Waals surface area (Å²) in [4.78, 5) is 16.5. The minimum atomic E-state index is -0.158. The monoisotopic (exact) mass is 302 g/mol. The second kappa shape index (κ2) is 6.72. The fourth-order valence-corrected chi connectivity index (χ4v) is 2.55. The van der Waals surface area contributed by atoms with E-state index in [-0.39, 0.29) is 5.91 Å². The third-order valence-electron chi connectivity index (χ3n) is 3.49. The van der Waals surface area contributed by atoms with E-state index < -0.39 is 0 Å². The summed E-state index contributed by atoms with van der Waals surface area (Å²) in [6.07, 6.45) is 3.20. The van der Waals surface area contributed by atoms with Crippen LogP contribution in [-0.2, 0) is 12.8 Å². The van der Waals surface area contributed by atoms with Crippen molar-refractivity contribution < 1.29 is 4.79 Å². The van der Waals surface area contributed by atoms with Gasteiger partial charge in [0.1, 0.15) is 0 Å². The number of anilines is 1. The van der Waals surface area contributed by atoms with Gasteiger partial charge in [-0.15, -0.1) is 0 Å². The summed E-state index contributed by atoms with van der Waals surface area (Å²) < 4.78 is 0. The van der Waals surface area contributed by atoms with Gasteiger partial charge >= 0.3 is 0 Å². The summed E-state index contributed by atoms with van der Waals surface area (Å²) in [5, 5.41) is 3.68. The number of hydrogen-bond acceptors (Lipinski definition) is 2. The van der Waals surface area contributed by atoms with Gasteiger partial charge in [0.05, 0.1) is 5.56 Å². The lowest BCUT2D eigenvalue weighted by Crippen LogP contribution is -2.15. The molecule has 0 aliphatic rings. The molecule has 0 radical (unpaired) electrons. The summed E-state index contributed by atoms with van der Waals surface area (Å²) in [5.41, 5.74) is 4.33. The molecule has 2 aromatic rings. The van der Waals surface area contributed by atoms with E-state index in [0.29, 0.717) is 10.6 Å². The highest BCUT2D eigenvalue weighted by Crippen LogP contribution is 2.29. The van der Waals surface area contributed by atoms with Crippen LogP contribution in [0, 0.1) is 6.92 Å². The smallest absolute Gasteiger partial charge is 0.257 e. The van der Waals surface area contributed by atoms with Crippen LogP contribution < -0.4 is 5.32 Å². The highest BCUT2D eigenvalue weighted by atomic mass is 35.5. The Balaban J connectivity index is 2.36. The van der Waals surface area contributed by atoms with Crippen LogP contribution >= 0.6 is 11.6 Å². The number of amides is 1. The SMILES string of the molecule is CCc1ccc(Cl)c(CC)c1NC(=O)c1ccc(C)nc1. The topological polar surface area (TPSA) is 42.0 Å². The van der Waals surface area contributed by atoms with Crippen LogP contribution in [0.25, 0.3) is 0 Å². The first-order chi connectivity index (χ1) is 10.1. The van der Waals surface area contributed by atoms with E-state index in [2.05, 4.69) is 17.2 Å². The van der Waals surface area contributed by atoms with Gasteiger partial charge in [-0.25, -0.2) is 0 Å². The number of halogens is 1. The Labute approximate surface area is 130 Å². The van der Waals surface area contributed by atoms with Crippen molar-refractivity contribution in [2.75, 3.05) is 5.32 Å². The fraction of sp³-hybridized carbons (Fsp3) is 0.294. The maximum Gasteiger partial charge on any atom is 0.257 e. The number of carbonyl (C=O) groups is 1. The maximum absolute atomic E-state index is 12.4. The van der Waals surface area contributed by atoms with Gasteiger partial charge in [0.25, 0.3) is 5.91 Å². The molecule has 4 heteroatoms. The normalized spacial score (nSPS) is 10.5. The Morgan fingerprint density at radius 3 is 2.52 bits per heavy atom.